The summed E-state index contributed by atoms with van der Waals surface area (Å²) in [6, 6.07) is 5.04. The van der Waals surface area contributed by atoms with Gasteiger partial charge in [0.15, 0.2) is 10.0 Å². The van der Waals surface area contributed by atoms with Gasteiger partial charge in [0, 0.05) is 32.8 Å². The Morgan fingerprint density at radius 2 is 1.96 bits per heavy atom. The van der Waals surface area contributed by atoms with Crippen LogP contribution >= 0.6 is 11.8 Å². The highest BCUT2D eigenvalue weighted by molar-refractivity contribution is 8.14. The number of amidine groups is 1. The molecule has 0 aliphatic carbocycles. The van der Waals surface area contributed by atoms with Crippen molar-refractivity contribution in [2.45, 2.75) is 51.5 Å². The summed E-state index contributed by atoms with van der Waals surface area (Å²) in [5.74, 6) is -0.0775. The summed E-state index contributed by atoms with van der Waals surface area (Å²) in [5, 5.41) is 8.68. The molecule has 1 aromatic rings. The van der Waals surface area contributed by atoms with Crippen LogP contribution in [0.15, 0.2) is 23.3 Å². The molecule has 144 valence electrons. The lowest BCUT2D eigenvalue weighted by Crippen LogP contribution is -2.50. The zero-order chi connectivity index (χ0) is 20.0. The van der Waals surface area contributed by atoms with Crippen LogP contribution in [0.1, 0.15) is 46.6 Å². The molecule has 1 atom stereocenters. The van der Waals surface area contributed by atoms with E-state index in [1.54, 1.807) is 18.2 Å². The molecule has 1 unspecified atom stereocenters. The molecule has 0 bridgehead atoms. The minimum atomic E-state index is -0.920. The highest BCUT2D eigenvalue weighted by Gasteiger charge is 2.55. The molecule has 1 N–H and O–H groups in total. The fourth-order valence-corrected chi connectivity index (χ4v) is 4.92. The third-order valence-electron chi connectivity index (χ3n) is 4.06. The largest absolute Gasteiger partial charge is 0.487 e. The summed E-state index contributed by atoms with van der Waals surface area (Å²) >= 11 is 1.27. The summed E-state index contributed by atoms with van der Waals surface area (Å²) < 4.78 is 11.3. The van der Waals surface area contributed by atoms with Crippen LogP contribution in [0.4, 0.5) is 0 Å². The zero-order valence-corrected chi connectivity index (χ0v) is 16.6. The normalized spacial score (nSPS) is 22.6. The first-order valence-electron chi connectivity index (χ1n) is 8.40. The van der Waals surface area contributed by atoms with Crippen molar-refractivity contribution in [3.8, 4) is 11.5 Å². The third-order valence-corrected chi connectivity index (χ3v) is 5.32. The van der Waals surface area contributed by atoms with Gasteiger partial charge in [0.25, 0.3) is 0 Å². The second-order valence-electron chi connectivity index (χ2n) is 7.09. The van der Waals surface area contributed by atoms with Crippen LogP contribution in [0.2, 0.25) is 0 Å². The van der Waals surface area contributed by atoms with Gasteiger partial charge in [-0.15, -0.1) is 5.10 Å². The van der Waals surface area contributed by atoms with Crippen LogP contribution < -0.4 is 14.8 Å². The topological polar surface area (TPSA) is 97.3 Å². The van der Waals surface area contributed by atoms with Gasteiger partial charge in [-0.3, -0.25) is 14.4 Å². The van der Waals surface area contributed by atoms with Crippen molar-refractivity contribution in [2.24, 2.45) is 5.10 Å². The summed E-state index contributed by atoms with van der Waals surface area (Å²) in [6.07, 6.45) is 0.424. The van der Waals surface area contributed by atoms with Crippen molar-refractivity contribution in [3.63, 3.8) is 0 Å². The van der Waals surface area contributed by atoms with E-state index in [9.17, 15) is 14.4 Å². The maximum atomic E-state index is 12.4. The summed E-state index contributed by atoms with van der Waals surface area (Å²) in [5.41, 5.74) is 0.0718. The number of nitrogens with zero attached hydrogens (tertiary/aromatic N) is 2. The maximum Gasteiger partial charge on any atom is 0.308 e. The fraction of sp³-hybridized carbons (Fsp3) is 0.444. The first kappa shape index (κ1) is 19.2. The van der Waals surface area contributed by atoms with Gasteiger partial charge in [-0.05, 0) is 32.0 Å². The van der Waals surface area contributed by atoms with E-state index in [0.717, 1.165) is 0 Å². The Bertz CT molecular complexity index is 867. The van der Waals surface area contributed by atoms with Crippen LogP contribution in [0, 0.1) is 0 Å². The molecule has 0 saturated heterocycles. The van der Waals surface area contributed by atoms with E-state index in [0.29, 0.717) is 28.7 Å². The molecule has 2 amide bonds. The van der Waals surface area contributed by atoms with E-state index in [-0.39, 0.29) is 11.8 Å². The minimum Gasteiger partial charge on any atom is -0.487 e. The van der Waals surface area contributed by atoms with Gasteiger partial charge in [-0.2, -0.15) is 0 Å². The van der Waals surface area contributed by atoms with Crippen molar-refractivity contribution in [2.75, 3.05) is 0 Å². The number of carbonyl (C=O) groups excluding carboxylic acids is 3. The SMILES string of the molecule is CC(=O)NC1=NN(C(C)=O)C2(CC(C)(C)Oc3ccc(OC(C)=O)cc32)S1. The van der Waals surface area contributed by atoms with Crippen molar-refractivity contribution in [3.05, 3.63) is 23.8 Å². The molecule has 1 aromatic carbocycles. The number of rotatable bonds is 1. The number of hydrazone groups is 1. The van der Waals surface area contributed by atoms with Crippen molar-refractivity contribution < 1.29 is 23.9 Å². The number of fused-ring (bicyclic) bond motifs is 2. The number of esters is 1. The van der Waals surface area contributed by atoms with Crippen LogP contribution in [-0.2, 0) is 19.3 Å². The number of thioether (sulfide) groups is 1. The van der Waals surface area contributed by atoms with Crippen LogP contribution in [0.5, 0.6) is 11.5 Å². The molecule has 0 aromatic heterocycles. The number of carbonyl (C=O) groups is 3. The van der Waals surface area contributed by atoms with E-state index in [1.165, 1.54) is 37.5 Å². The Morgan fingerprint density at radius 3 is 2.56 bits per heavy atom. The van der Waals surface area contributed by atoms with Crippen molar-refractivity contribution in [1.82, 2.24) is 10.3 Å². The van der Waals surface area contributed by atoms with Gasteiger partial charge in [-0.25, -0.2) is 5.01 Å². The van der Waals surface area contributed by atoms with E-state index in [2.05, 4.69) is 10.4 Å². The average Bonchev–Trinajstić information content (AvgIpc) is 2.84. The summed E-state index contributed by atoms with van der Waals surface area (Å²) in [7, 11) is 0. The Hall–Kier alpha value is -2.55. The van der Waals surface area contributed by atoms with Gasteiger partial charge in [0.2, 0.25) is 11.8 Å². The maximum absolute atomic E-state index is 12.4. The lowest BCUT2D eigenvalue weighted by molar-refractivity contribution is -0.134. The fourth-order valence-electron chi connectivity index (χ4n) is 3.34. The molecule has 3 rings (SSSR count). The Balaban J connectivity index is 2.14. The molecule has 9 heteroatoms. The highest BCUT2D eigenvalue weighted by Crippen LogP contribution is 2.56. The third kappa shape index (κ3) is 3.64. The number of amides is 2. The number of nitrogens with one attached hydrogen (secondary N) is 1. The Morgan fingerprint density at radius 1 is 1.26 bits per heavy atom. The number of hydrogen-bond donors (Lipinski definition) is 1. The molecule has 8 nitrogen and oxygen atoms in total. The van der Waals surface area contributed by atoms with Crippen molar-refractivity contribution >= 4 is 34.7 Å². The standard InChI is InChI=1S/C18H21N3O5S/c1-10(22)19-16-20-21(11(2)23)18(27-16)9-17(4,5)26-15-7-6-13(8-14(15)18)25-12(3)24/h6-8H,9H2,1-5H3,(H,19,20,22). The van der Waals surface area contributed by atoms with E-state index in [1.807, 2.05) is 13.8 Å². The first-order chi connectivity index (χ1) is 12.5. The predicted molar refractivity (Wildman–Crippen MR) is 100 cm³/mol. The van der Waals surface area contributed by atoms with E-state index < -0.39 is 16.4 Å². The van der Waals surface area contributed by atoms with Gasteiger partial charge in [-0.1, -0.05) is 11.8 Å². The smallest absolute Gasteiger partial charge is 0.308 e. The van der Waals surface area contributed by atoms with Gasteiger partial charge in [0.05, 0.1) is 0 Å². The highest BCUT2D eigenvalue weighted by atomic mass is 32.2. The number of ether oxygens (including phenoxy) is 2. The Kier molecular flexibility index (Phi) is 4.67. The quantitative estimate of drug-likeness (QED) is 0.583. The molecule has 1 spiro atoms. The van der Waals surface area contributed by atoms with Crippen LogP contribution in [-0.4, -0.2) is 33.6 Å². The lowest BCUT2D eigenvalue weighted by Gasteiger charge is -2.45. The molecule has 0 radical (unpaired) electrons. The second-order valence-corrected chi connectivity index (χ2v) is 8.36. The lowest BCUT2D eigenvalue weighted by atomic mass is 9.88. The minimum absolute atomic E-state index is 0.274. The zero-order valence-electron chi connectivity index (χ0n) is 15.8. The predicted octanol–water partition coefficient (Wildman–Crippen LogP) is 2.33. The molecule has 0 fully saturated rings. The average molecular weight is 391 g/mol. The molecular weight excluding hydrogens is 370 g/mol. The second kappa shape index (κ2) is 6.56. The first-order valence-corrected chi connectivity index (χ1v) is 9.22. The monoisotopic (exact) mass is 391 g/mol. The molecule has 2 aliphatic rings. The summed E-state index contributed by atoms with van der Waals surface area (Å²) in [6.45, 7) is 7.96. The van der Waals surface area contributed by atoms with Crippen molar-refractivity contribution in [1.29, 1.82) is 0 Å². The molecule has 0 saturated carbocycles. The molecular formula is C18H21N3O5S. The number of benzene rings is 1. The molecule has 27 heavy (non-hydrogen) atoms. The van der Waals surface area contributed by atoms with Crippen LogP contribution in [0.25, 0.3) is 0 Å². The van der Waals surface area contributed by atoms with E-state index in [4.69, 9.17) is 9.47 Å². The number of hydrogen-bond acceptors (Lipinski definition) is 7. The molecule has 2 heterocycles. The molecule has 2 aliphatic heterocycles. The van der Waals surface area contributed by atoms with E-state index >= 15 is 0 Å². The van der Waals surface area contributed by atoms with Gasteiger partial charge in [0.1, 0.15) is 17.1 Å². The van der Waals surface area contributed by atoms with Gasteiger partial charge < -0.3 is 14.8 Å². The van der Waals surface area contributed by atoms with Gasteiger partial charge >= 0.3 is 5.97 Å². The Labute approximate surface area is 161 Å². The van der Waals surface area contributed by atoms with Crippen LogP contribution in [0.3, 0.4) is 0 Å². The summed E-state index contributed by atoms with van der Waals surface area (Å²) in [4.78, 5) is 34.3.